The van der Waals surface area contributed by atoms with E-state index in [9.17, 15) is 8.42 Å². The lowest BCUT2D eigenvalue weighted by Gasteiger charge is -2.27. The molecule has 1 fully saturated rings. The molecule has 1 saturated carbocycles. The van der Waals surface area contributed by atoms with Gasteiger partial charge in [0.15, 0.2) is 0 Å². The number of nitrogens with one attached hydrogen (secondary N) is 1. The van der Waals surface area contributed by atoms with Crippen LogP contribution >= 0.6 is 0 Å². The molecule has 0 radical (unpaired) electrons. The third-order valence-electron chi connectivity index (χ3n) is 3.93. The Kier molecular flexibility index (Phi) is 7.23. The van der Waals surface area contributed by atoms with Crippen LogP contribution in [0.4, 0.5) is 0 Å². The molecule has 0 bridgehead atoms. The highest BCUT2D eigenvalue weighted by Gasteiger charge is 2.23. The third kappa shape index (κ3) is 6.74. The molecular weight excluding hydrogens is 246 g/mol. The molecule has 0 saturated heterocycles. The van der Waals surface area contributed by atoms with Crippen molar-refractivity contribution in [3.05, 3.63) is 0 Å². The highest BCUT2D eigenvalue weighted by Crippen LogP contribution is 2.27. The van der Waals surface area contributed by atoms with Crippen LogP contribution < -0.4 is 5.32 Å². The molecule has 1 aliphatic carbocycles. The van der Waals surface area contributed by atoms with Gasteiger partial charge in [-0.1, -0.05) is 32.6 Å². The van der Waals surface area contributed by atoms with Crippen LogP contribution in [0, 0.1) is 5.92 Å². The summed E-state index contributed by atoms with van der Waals surface area (Å²) in [5.41, 5.74) is 0. The van der Waals surface area contributed by atoms with Crippen molar-refractivity contribution in [3.8, 4) is 0 Å². The highest BCUT2D eigenvalue weighted by molar-refractivity contribution is 7.90. The standard InChI is InChI=1S/C14H29NO2S/c1-3-11-15-14(10-12-18(2,16)17)13-8-6-4-5-7-9-13/h13-15H,3-12H2,1-2H3. The Morgan fingerprint density at radius 1 is 1.17 bits per heavy atom. The van der Waals surface area contributed by atoms with E-state index >= 15 is 0 Å². The van der Waals surface area contributed by atoms with E-state index in [2.05, 4.69) is 12.2 Å². The first-order valence-electron chi connectivity index (χ1n) is 7.44. The maximum Gasteiger partial charge on any atom is 0.147 e. The zero-order valence-electron chi connectivity index (χ0n) is 12.0. The summed E-state index contributed by atoms with van der Waals surface area (Å²) in [6.45, 7) is 3.17. The fourth-order valence-corrected chi connectivity index (χ4v) is 3.57. The van der Waals surface area contributed by atoms with Gasteiger partial charge in [-0.2, -0.15) is 0 Å². The van der Waals surface area contributed by atoms with Crippen molar-refractivity contribution < 1.29 is 8.42 Å². The van der Waals surface area contributed by atoms with Gasteiger partial charge in [-0.15, -0.1) is 0 Å². The van der Waals surface area contributed by atoms with Crippen LogP contribution in [-0.2, 0) is 9.84 Å². The Hall–Kier alpha value is -0.0900. The number of sulfone groups is 1. The van der Waals surface area contributed by atoms with Gasteiger partial charge in [-0.25, -0.2) is 8.42 Å². The van der Waals surface area contributed by atoms with Crippen LogP contribution in [0.15, 0.2) is 0 Å². The molecule has 4 heteroatoms. The van der Waals surface area contributed by atoms with Crippen LogP contribution in [0.5, 0.6) is 0 Å². The highest BCUT2D eigenvalue weighted by atomic mass is 32.2. The molecule has 108 valence electrons. The average Bonchev–Trinajstić information content (AvgIpc) is 2.56. The zero-order valence-corrected chi connectivity index (χ0v) is 12.8. The second-order valence-electron chi connectivity index (χ2n) is 5.73. The minimum atomic E-state index is -2.83. The first-order valence-corrected chi connectivity index (χ1v) is 9.50. The summed E-state index contributed by atoms with van der Waals surface area (Å²) in [7, 11) is -2.83. The maximum absolute atomic E-state index is 11.3. The Bertz CT molecular complexity index is 306. The van der Waals surface area contributed by atoms with E-state index in [1.54, 1.807) is 0 Å². The van der Waals surface area contributed by atoms with Crippen LogP contribution in [-0.4, -0.2) is 33.0 Å². The quantitative estimate of drug-likeness (QED) is 0.727. The summed E-state index contributed by atoms with van der Waals surface area (Å²) < 4.78 is 22.7. The minimum absolute atomic E-state index is 0.324. The Morgan fingerprint density at radius 2 is 1.78 bits per heavy atom. The van der Waals surface area contributed by atoms with E-state index in [0.29, 0.717) is 17.7 Å². The molecular formula is C14H29NO2S. The van der Waals surface area contributed by atoms with Gasteiger partial charge in [0.2, 0.25) is 0 Å². The molecule has 0 aromatic carbocycles. The lowest BCUT2D eigenvalue weighted by atomic mass is 9.90. The summed E-state index contributed by atoms with van der Waals surface area (Å²) >= 11 is 0. The van der Waals surface area contributed by atoms with Gasteiger partial charge < -0.3 is 5.32 Å². The topological polar surface area (TPSA) is 46.2 Å². The van der Waals surface area contributed by atoms with Gasteiger partial charge >= 0.3 is 0 Å². The molecule has 1 rings (SSSR count). The smallest absolute Gasteiger partial charge is 0.147 e. The lowest BCUT2D eigenvalue weighted by Crippen LogP contribution is -2.38. The molecule has 1 unspecified atom stereocenters. The molecule has 0 amide bonds. The van der Waals surface area contributed by atoms with Crippen molar-refractivity contribution >= 4 is 9.84 Å². The second-order valence-corrected chi connectivity index (χ2v) is 7.99. The molecule has 0 aromatic rings. The second kappa shape index (κ2) is 8.16. The third-order valence-corrected chi connectivity index (χ3v) is 4.90. The molecule has 18 heavy (non-hydrogen) atoms. The van der Waals surface area contributed by atoms with Crippen molar-refractivity contribution in [2.24, 2.45) is 5.92 Å². The van der Waals surface area contributed by atoms with Crippen molar-refractivity contribution in [3.63, 3.8) is 0 Å². The molecule has 0 spiro atoms. The van der Waals surface area contributed by atoms with Gasteiger partial charge in [-0.05, 0) is 38.1 Å². The normalized spacial score (nSPS) is 20.6. The van der Waals surface area contributed by atoms with E-state index in [4.69, 9.17) is 0 Å². The lowest BCUT2D eigenvalue weighted by molar-refractivity contribution is 0.312. The predicted octanol–water partition coefficient (Wildman–Crippen LogP) is 2.76. The van der Waals surface area contributed by atoms with Crippen LogP contribution in [0.3, 0.4) is 0 Å². The van der Waals surface area contributed by atoms with Gasteiger partial charge in [-0.3, -0.25) is 0 Å². The van der Waals surface area contributed by atoms with E-state index in [0.717, 1.165) is 19.4 Å². The van der Waals surface area contributed by atoms with Gasteiger partial charge in [0, 0.05) is 12.3 Å². The largest absolute Gasteiger partial charge is 0.314 e. The summed E-state index contributed by atoms with van der Waals surface area (Å²) in [4.78, 5) is 0. The molecule has 0 heterocycles. The number of hydrogen-bond acceptors (Lipinski definition) is 3. The van der Waals surface area contributed by atoms with Gasteiger partial charge in [0.1, 0.15) is 9.84 Å². The molecule has 0 aliphatic heterocycles. The molecule has 1 aliphatic rings. The van der Waals surface area contributed by atoms with Crippen molar-refractivity contribution in [1.82, 2.24) is 5.32 Å². The van der Waals surface area contributed by atoms with Gasteiger partial charge in [0.05, 0.1) is 5.75 Å². The zero-order chi connectivity index (χ0) is 13.4. The Morgan fingerprint density at radius 3 is 2.28 bits per heavy atom. The molecule has 1 N–H and O–H groups in total. The molecule has 3 nitrogen and oxygen atoms in total. The van der Waals surface area contributed by atoms with Crippen molar-refractivity contribution in [1.29, 1.82) is 0 Å². The van der Waals surface area contributed by atoms with E-state index in [-0.39, 0.29) is 0 Å². The monoisotopic (exact) mass is 275 g/mol. The summed E-state index contributed by atoms with van der Waals surface area (Å²) in [5.74, 6) is 1.01. The SMILES string of the molecule is CCCNC(CCS(C)(=O)=O)C1CCCCCC1. The van der Waals surface area contributed by atoms with Crippen LogP contribution in [0.2, 0.25) is 0 Å². The minimum Gasteiger partial charge on any atom is -0.314 e. The fraction of sp³-hybridized carbons (Fsp3) is 1.00. The van der Waals surface area contributed by atoms with Crippen molar-refractivity contribution in [2.75, 3.05) is 18.6 Å². The van der Waals surface area contributed by atoms with E-state index in [1.165, 1.54) is 44.8 Å². The Labute approximate surface area is 113 Å². The average molecular weight is 275 g/mol. The summed E-state index contributed by atoms with van der Waals surface area (Å²) in [5, 5.41) is 3.58. The number of rotatable bonds is 7. The first kappa shape index (κ1) is 16.0. The van der Waals surface area contributed by atoms with Crippen molar-refractivity contribution in [2.45, 2.75) is 64.3 Å². The number of hydrogen-bond donors (Lipinski definition) is 1. The maximum atomic E-state index is 11.3. The summed E-state index contributed by atoms with van der Waals surface area (Å²) in [6, 6.07) is 0.401. The Balaban J connectivity index is 2.51. The first-order chi connectivity index (χ1) is 8.53. The summed E-state index contributed by atoms with van der Waals surface area (Å²) in [6.07, 6.45) is 11.1. The van der Waals surface area contributed by atoms with Gasteiger partial charge in [0.25, 0.3) is 0 Å². The fourth-order valence-electron chi connectivity index (χ4n) is 2.89. The van der Waals surface area contributed by atoms with E-state index < -0.39 is 9.84 Å². The van der Waals surface area contributed by atoms with Crippen LogP contribution in [0.25, 0.3) is 0 Å². The van der Waals surface area contributed by atoms with E-state index in [1.807, 2.05) is 0 Å². The molecule has 1 atom stereocenters. The predicted molar refractivity (Wildman–Crippen MR) is 77.6 cm³/mol. The van der Waals surface area contributed by atoms with Crippen LogP contribution in [0.1, 0.15) is 58.3 Å². The molecule has 0 aromatic heterocycles.